The van der Waals surface area contributed by atoms with E-state index in [1.165, 1.54) is 0 Å². The van der Waals surface area contributed by atoms with E-state index >= 15 is 0 Å². The van der Waals surface area contributed by atoms with Crippen LogP contribution in [0.3, 0.4) is 0 Å². The highest BCUT2D eigenvalue weighted by Gasteiger charge is 2.29. The Kier molecular flexibility index (Phi) is 7.33. The number of nitrogens with one attached hydrogen (secondary N) is 2. The molecule has 0 radical (unpaired) electrons. The van der Waals surface area contributed by atoms with E-state index in [0.29, 0.717) is 13.0 Å². The van der Waals surface area contributed by atoms with Crippen molar-refractivity contribution in [2.45, 2.75) is 51.4 Å². The number of carbonyl (C=O) groups is 2. The van der Waals surface area contributed by atoms with Crippen LogP contribution in [0.2, 0.25) is 0 Å². The summed E-state index contributed by atoms with van der Waals surface area (Å²) in [5, 5.41) is 5.35. The number of ether oxygens (including phenoxy) is 1. The van der Waals surface area contributed by atoms with Gasteiger partial charge in [0.05, 0.1) is 12.6 Å². The third kappa shape index (κ3) is 6.75. The molecule has 7 heteroatoms. The molecule has 0 aromatic rings. The average Bonchev–Trinajstić information content (AvgIpc) is 2.72. The van der Waals surface area contributed by atoms with Gasteiger partial charge >= 0.3 is 0 Å². The van der Waals surface area contributed by atoms with Crippen LogP contribution in [0.25, 0.3) is 0 Å². The van der Waals surface area contributed by atoms with Gasteiger partial charge < -0.3 is 21.1 Å². The molecule has 0 unspecified atom stereocenters. The molecular formula is C12H24ClN3O3. The van der Waals surface area contributed by atoms with Crippen molar-refractivity contribution in [1.82, 2.24) is 10.6 Å². The largest absolute Gasteiger partial charge is 0.364 e. The summed E-state index contributed by atoms with van der Waals surface area (Å²) in [5.41, 5.74) is 5.17. The molecule has 0 saturated carbocycles. The Bertz CT molecular complexity index is 318. The molecule has 2 amide bonds. The lowest BCUT2D eigenvalue weighted by atomic mass is 10.1. The van der Waals surface area contributed by atoms with Crippen molar-refractivity contribution in [1.29, 1.82) is 0 Å². The molecule has 1 saturated heterocycles. The SMILES string of the molecule is CC(C)(C)NC(=O)CNC(=O)[C@@H]1CC[C@H](CN)O1.Cl. The lowest BCUT2D eigenvalue weighted by Crippen LogP contribution is -2.47. The minimum Gasteiger partial charge on any atom is -0.364 e. The molecule has 1 rings (SSSR count). The first-order valence-corrected chi connectivity index (χ1v) is 6.26. The molecule has 19 heavy (non-hydrogen) atoms. The Balaban J connectivity index is 0.00000324. The zero-order valence-corrected chi connectivity index (χ0v) is 12.5. The molecule has 0 spiro atoms. The maximum absolute atomic E-state index is 11.7. The van der Waals surface area contributed by atoms with Gasteiger partial charge in [-0.05, 0) is 33.6 Å². The summed E-state index contributed by atoms with van der Waals surface area (Å²) in [6, 6.07) is 0. The van der Waals surface area contributed by atoms with Gasteiger partial charge in [0.1, 0.15) is 6.10 Å². The quantitative estimate of drug-likeness (QED) is 0.677. The summed E-state index contributed by atoms with van der Waals surface area (Å²) in [7, 11) is 0. The molecule has 1 fully saturated rings. The zero-order valence-electron chi connectivity index (χ0n) is 11.7. The van der Waals surface area contributed by atoms with E-state index in [0.717, 1.165) is 6.42 Å². The summed E-state index contributed by atoms with van der Waals surface area (Å²) in [6.07, 6.45) is 0.947. The second-order valence-electron chi connectivity index (χ2n) is 5.58. The van der Waals surface area contributed by atoms with Crippen LogP contribution in [0.5, 0.6) is 0 Å². The van der Waals surface area contributed by atoms with Gasteiger partial charge in [-0.2, -0.15) is 0 Å². The molecule has 4 N–H and O–H groups in total. The first kappa shape index (κ1) is 18.1. The van der Waals surface area contributed by atoms with Crippen molar-refractivity contribution < 1.29 is 14.3 Å². The molecular weight excluding hydrogens is 270 g/mol. The van der Waals surface area contributed by atoms with Gasteiger partial charge in [-0.1, -0.05) is 0 Å². The van der Waals surface area contributed by atoms with E-state index in [1.807, 2.05) is 20.8 Å². The standard InChI is InChI=1S/C12H23N3O3.ClH/c1-12(2,3)15-10(16)7-14-11(17)9-5-4-8(6-13)18-9;/h8-9H,4-7,13H2,1-3H3,(H,14,17)(H,15,16);1H/t8-,9+;/m1./s1. The second-order valence-corrected chi connectivity index (χ2v) is 5.58. The van der Waals surface area contributed by atoms with Crippen molar-refractivity contribution in [2.75, 3.05) is 13.1 Å². The van der Waals surface area contributed by atoms with E-state index < -0.39 is 6.10 Å². The summed E-state index contributed by atoms with van der Waals surface area (Å²) >= 11 is 0. The monoisotopic (exact) mass is 293 g/mol. The van der Waals surface area contributed by atoms with E-state index in [-0.39, 0.29) is 42.4 Å². The van der Waals surface area contributed by atoms with Crippen molar-refractivity contribution in [3.05, 3.63) is 0 Å². The van der Waals surface area contributed by atoms with Crippen LogP contribution in [0, 0.1) is 0 Å². The van der Waals surface area contributed by atoms with Gasteiger partial charge in [-0.15, -0.1) is 12.4 Å². The Labute approximate surface area is 120 Å². The van der Waals surface area contributed by atoms with E-state index in [2.05, 4.69) is 10.6 Å². The van der Waals surface area contributed by atoms with Crippen LogP contribution in [-0.2, 0) is 14.3 Å². The molecule has 0 bridgehead atoms. The van der Waals surface area contributed by atoms with Crippen LogP contribution in [0.4, 0.5) is 0 Å². The van der Waals surface area contributed by atoms with Crippen LogP contribution in [0.1, 0.15) is 33.6 Å². The number of nitrogens with two attached hydrogens (primary N) is 1. The van der Waals surface area contributed by atoms with E-state index in [4.69, 9.17) is 10.5 Å². The Morgan fingerprint density at radius 3 is 2.42 bits per heavy atom. The normalized spacial score (nSPS) is 22.5. The molecule has 1 aliphatic rings. The van der Waals surface area contributed by atoms with Crippen LogP contribution < -0.4 is 16.4 Å². The molecule has 2 atom stereocenters. The van der Waals surface area contributed by atoms with E-state index in [1.54, 1.807) is 0 Å². The lowest BCUT2D eigenvalue weighted by Gasteiger charge is -2.21. The average molecular weight is 294 g/mol. The number of halogens is 1. The minimum absolute atomic E-state index is 0. The number of rotatable bonds is 4. The van der Waals surface area contributed by atoms with Crippen molar-refractivity contribution in [3.8, 4) is 0 Å². The number of hydrogen-bond donors (Lipinski definition) is 3. The first-order valence-electron chi connectivity index (χ1n) is 6.26. The predicted molar refractivity (Wildman–Crippen MR) is 75.1 cm³/mol. The highest BCUT2D eigenvalue weighted by Crippen LogP contribution is 2.18. The minimum atomic E-state index is -0.471. The molecule has 112 valence electrons. The van der Waals surface area contributed by atoms with Crippen molar-refractivity contribution in [2.24, 2.45) is 5.73 Å². The zero-order chi connectivity index (χ0) is 13.8. The Hall–Kier alpha value is -0.850. The molecule has 0 aromatic heterocycles. The predicted octanol–water partition coefficient (Wildman–Crippen LogP) is -0.0546. The number of amides is 2. The topological polar surface area (TPSA) is 93.5 Å². The maximum Gasteiger partial charge on any atom is 0.249 e. The van der Waals surface area contributed by atoms with Gasteiger partial charge in [0.15, 0.2) is 0 Å². The van der Waals surface area contributed by atoms with Crippen molar-refractivity contribution >= 4 is 24.2 Å². The molecule has 0 aliphatic carbocycles. The van der Waals surface area contributed by atoms with Crippen LogP contribution in [-0.4, -0.2) is 42.7 Å². The molecule has 0 aromatic carbocycles. The van der Waals surface area contributed by atoms with Gasteiger partial charge in [0.2, 0.25) is 11.8 Å². The fraction of sp³-hybridized carbons (Fsp3) is 0.833. The van der Waals surface area contributed by atoms with Crippen LogP contribution >= 0.6 is 12.4 Å². The number of hydrogen-bond acceptors (Lipinski definition) is 4. The van der Waals surface area contributed by atoms with Crippen LogP contribution in [0.15, 0.2) is 0 Å². The summed E-state index contributed by atoms with van der Waals surface area (Å²) < 4.78 is 5.44. The third-order valence-corrected chi connectivity index (χ3v) is 2.60. The smallest absolute Gasteiger partial charge is 0.249 e. The fourth-order valence-corrected chi connectivity index (χ4v) is 1.82. The third-order valence-electron chi connectivity index (χ3n) is 2.60. The fourth-order valence-electron chi connectivity index (χ4n) is 1.82. The summed E-state index contributed by atoms with van der Waals surface area (Å²) in [6.45, 7) is 6.06. The Morgan fingerprint density at radius 1 is 1.32 bits per heavy atom. The first-order chi connectivity index (χ1) is 8.31. The number of carbonyl (C=O) groups excluding carboxylic acids is 2. The van der Waals surface area contributed by atoms with Gasteiger partial charge in [0, 0.05) is 12.1 Å². The maximum atomic E-state index is 11.7. The van der Waals surface area contributed by atoms with Crippen molar-refractivity contribution in [3.63, 3.8) is 0 Å². The summed E-state index contributed by atoms with van der Waals surface area (Å²) in [4.78, 5) is 23.2. The highest BCUT2D eigenvalue weighted by molar-refractivity contribution is 5.87. The molecule has 6 nitrogen and oxygen atoms in total. The van der Waals surface area contributed by atoms with Gasteiger partial charge in [-0.25, -0.2) is 0 Å². The Morgan fingerprint density at radius 2 is 1.95 bits per heavy atom. The molecule has 1 aliphatic heterocycles. The van der Waals surface area contributed by atoms with E-state index in [9.17, 15) is 9.59 Å². The van der Waals surface area contributed by atoms with Gasteiger partial charge in [-0.3, -0.25) is 9.59 Å². The van der Waals surface area contributed by atoms with Gasteiger partial charge in [0.25, 0.3) is 0 Å². The summed E-state index contributed by atoms with van der Waals surface area (Å²) in [5.74, 6) is -0.445. The second kappa shape index (κ2) is 7.67. The highest BCUT2D eigenvalue weighted by atomic mass is 35.5. The molecule has 1 heterocycles. The lowest BCUT2D eigenvalue weighted by molar-refractivity contribution is -0.134.